The van der Waals surface area contributed by atoms with Crippen LogP contribution in [0, 0.1) is 0 Å². The summed E-state index contributed by atoms with van der Waals surface area (Å²) in [7, 11) is 1.89. The van der Waals surface area contributed by atoms with Gasteiger partial charge >= 0.3 is 0 Å². The molecule has 1 amide bonds. The Hall–Kier alpha value is -1.20. The zero-order valence-electron chi connectivity index (χ0n) is 8.92. The lowest BCUT2D eigenvalue weighted by atomic mass is 10.2. The molecule has 0 unspecified atom stereocenters. The zero-order chi connectivity index (χ0) is 11.4. The number of thiophene rings is 1. The van der Waals surface area contributed by atoms with Gasteiger partial charge in [0.25, 0.3) is 0 Å². The summed E-state index contributed by atoms with van der Waals surface area (Å²) in [6.07, 6.45) is 3.16. The molecule has 16 heavy (non-hydrogen) atoms. The molecular formula is C11H12N2OS2. The van der Waals surface area contributed by atoms with Crippen LogP contribution in [0.15, 0.2) is 33.4 Å². The Morgan fingerprint density at radius 1 is 1.50 bits per heavy atom. The summed E-state index contributed by atoms with van der Waals surface area (Å²) in [5.41, 5.74) is 1.21. The quantitative estimate of drug-likeness (QED) is 0.824. The first kappa shape index (κ1) is 11.3. The van der Waals surface area contributed by atoms with Crippen LogP contribution in [0.4, 0.5) is 0 Å². The first-order valence-corrected chi connectivity index (χ1v) is 6.77. The van der Waals surface area contributed by atoms with Gasteiger partial charge in [-0.25, -0.2) is 0 Å². The van der Waals surface area contributed by atoms with Crippen LogP contribution in [0.1, 0.15) is 12.0 Å². The highest BCUT2D eigenvalue weighted by atomic mass is 32.1. The van der Waals surface area contributed by atoms with Crippen molar-refractivity contribution < 1.29 is 4.79 Å². The van der Waals surface area contributed by atoms with Gasteiger partial charge in [0.1, 0.15) is 0 Å². The van der Waals surface area contributed by atoms with Crippen LogP contribution in [0.25, 0.3) is 0 Å². The zero-order valence-corrected chi connectivity index (χ0v) is 10.6. The molecule has 0 spiro atoms. The van der Waals surface area contributed by atoms with E-state index in [2.05, 4.69) is 10.4 Å². The molecule has 0 bridgehead atoms. The predicted octanol–water partition coefficient (Wildman–Crippen LogP) is 2.21. The molecule has 3 nitrogen and oxygen atoms in total. The maximum atomic E-state index is 11.6. The Morgan fingerprint density at radius 3 is 3.00 bits per heavy atom. The highest BCUT2D eigenvalue weighted by Gasteiger charge is 2.01. The molecule has 0 saturated carbocycles. The average molecular weight is 252 g/mol. The van der Waals surface area contributed by atoms with Crippen molar-refractivity contribution in [3.05, 3.63) is 38.8 Å². The van der Waals surface area contributed by atoms with E-state index >= 15 is 0 Å². The van der Waals surface area contributed by atoms with Gasteiger partial charge in [0.15, 0.2) is 4.80 Å². The molecule has 0 N–H and O–H groups in total. The van der Waals surface area contributed by atoms with Crippen LogP contribution >= 0.6 is 22.7 Å². The average Bonchev–Trinajstić information content (AvgIpc) is 2.88. The van der Waals surface area contributed by atoms with E-state index in [9.17, 15) is 4.79 Å². The molecule has 2 heterocycles. The van der Waals surface area contributed by atoms with E-state index in [1.165, 1.54) is 16.9 Å². The summed E-state index contributed by atoms with van der Waals surface area (Å²) in [5, 5.41) is 6.01. The minimum Gasteiger partial charge on any atom is -0.327 e. The number of aryl methyl sites for hydroxylation is 2. The second kappa shape index (κ2) is 5.23. The van der Waals surface area contributed by atoms with E-state index in [1.807, 2.05) is 34.6 Å². The fourth-order valence-electron chi connectivity index (χ4n) is 1.28. The van der Waals surface area contributed by atoms with Crippen molar-refractivity contribution in [1.82, 2.24) is 4.57 Å². The highest BCUT2D eigenvalue weighted by molar-refractivity contribution is 7.08. The molecule has 0 aromatic carbocycles. The molecule has 0 fully saturated rings. The predicted molar refractivity (Wildman–Crippen MR) is 66.5 cm³/mol. The summed E-state index contributed by atoms with van der Waals surface area (Å²) < 4.78 is 1.85. The summed E-state index contributed by atoms with van der Waals surface area (Å²) in [6, 6.07) is 2.04. The maximum absolute atomic E-state index is 11.6. The summed E-state index contributed by atoms with van der Waals surface area (Å²) >= 11 is 3.13. The van der Waals surface area contributed by atoms with Crippen LogP contribution in [0.2, 0.25) is 0 Å². The molecule has 84 valence electrons. The minimum absolute atomic E-state index is 0.0516. The van der Waals surface area contributed by atoms with Gasteiger partial charge in [0, 0.05) is 25.0 Å². The second-order valence-corrected chi connectivity index (χ2v) is 5.09. The van der Waals surface area contributed by atoms with E-state index in [4.69, 9.17) is 0 Å². The third kappa shape index (κ3) is 2.90. The number of carbonyl (C=O) groups excluding carboxylic acids is 1. The van der Waals surface area contributed by atoms with E-state index in [-0.39, 0.29) is 5.91 Å². The van der Waals surface area contributed by atoms with E-state index < -0.39 is 0 Å². The van der Waals surface area contributed by atoms with Crippen molar-refractivity contribution in [3.8, 4) is 0 Å². The van der Waals surface area contributed by atoms with Crippen molar-refractivity contribution in [3.63, 3.8) is 0 Å². The standard InChI is InChI=1S/C11H12N2OS2/c1-13-5-7-16-11(13)12-10(14)3-2-9-4-6-15-8-9/h4-8H,2-3H2,1H3. The van der Waals surface area contributed by atoms with Crippen molar-refractivity contribution in [2.24, 2.45) is 12.0 Å². The Balaban J connectivity index is 1.97. The van der Waals surface area contributed by atoms with Gasteiger partial charge in [0.2, 0.25) is 5.91 Å². The fourth-order valence-corrected chi connectivity index (χ4v) is 2.73. The van der Waals surface area contributed by atoms with Crippen LogP contribution in [-0.2, 0) is 18.3 Å². The van der Waals surface area contributed by atoms with E-state index in [0.717, 1.165) is 11.2 Å². The Morgan fingerprint density at radius 2 is 2.38 bits per heavy atom. The first-order valence-electron chi connectivity index (χ1n) is 4.94. The second-order valence-electron chi connectivity index (χ2n) is 3.43. The number of nitrogens with zero attached hydrogens (tertiary/aromatic N) is 2. The van der Waals surface area contributed by atoms with Gasteiger partial charge in [0.05, 0.1) is 0 Å². The molecule has 0 radical (unpaired) electrons. The molecule has 5 heteroatoms. The number of thiazole rings is 1. The lowest BCUT2D eigenvalue weighted by Crippen LogP contribution is -2.12. The summed E-state index contributed by atoms with van der Waals surface area (Å²) in [6.45, 7) is 0. The van der Waals surface area contributed by atoms with Gasteiger partial charge in [-0.3, -0.25) is 4.79 Å². The Bertz CT molecular complexity index is 522. The van der Waals surface area contributed by atoms with Crippen LogP contribution in [0.5, 0.6) is 0 Å². The Labute approximate surface area is 102 Å². The van der Waals surface area contributed by atoms with E-state index in [0.29, 0.717) is 6.42 Å². The van der Waals surface area contributed by atoms with Crippen molar-refractivity contribution in [2.45, 2.75) is 12.8 Å². The number of amides is 1. The maximum Gasteiger partial charge on any atom is 0.248 e. The Kier molecular flexibility index (Phi) is 3.69. The third-order valence-electron chi connectivity index (χ3n) is 2.19. The molecule has 2 rings (SSSR count). The molecule has 0 aliphatic rings. The molecule has 2 aromatic heterocycles. The number of aromatic nitrogens is 1. The van der Waals surface area contributed by atoms with Crippen LogP contribution in [0.3, 0.4) is 0 Å². The summed E-state index contributed by atoms with van der Waals surface area (Å²) in [5.74, 6) is -0.0516. The van der Waals surface area contributed by atoms with Gasteiger partial charge in [-0.15, -0.1) is 11.3 Å². The van der Waals surface area contributed by atoms with Crippen molar-refractivity contribution >= 4 is 28.6 Å². The topological polar surface area (TPSA) is 34.4 Å². The molecular weight excluding hydrogens is 240 g/mol. The lowest BCUT2D eigenvalue weighted by molar-refractivity contribution is -0.118. The normalized spacial score (nSPS) is 11.9. The van der Waals surface area contributed by atoms with Crippen molar-refractivity contribution in [1.29, 1.82) is 0 Å². The minimum atomic E-state index is -0.0516. The molecule has 0 saturated heterocycles. The highest BCUT2D eigenvalue weighted by Crippen LogP contribution is 2.08. The number of hydrogen-bond acceptors (Lipinski definition) is 3. The van der Waals surface area contributed by atoms with Gasteiger partial charge in [-0.2, -0.15) is 16.3 Å². The molecule has 0 atom stereocenters. The van der Waals surface area contributed by atoms with Gasteiger partial charge in [-0.1, -0.05) is 0 Å². The monoisotopic (exact) mass is 252 g/mol. The van der Waals surface area contributed by atoms with Crippen LogP contribution < -0.4 is 4.80 Å². The molecule has 0 aliphatic heterocycles. The first-order chi connectivity index (χ1) is 7.75. The smallest absolute Gasteiger partial charge is 0.248 e. The summed E-state index contributed by atoms with van der Waals surface area (Å²) in [4.78, 5) is 16.4. The molecule has 2 aromatic rings. The number of rotatable bonds is 3. The largest absolute Gasteiger partial charge is 0.327 e. The van der Waals surface area contributed by atoms with E-state index in [1.54, 1.807) is 11.3 Å². The molecule has 0 aliphatic carbocycles. The fraction of sp³-hybridized carbons (Fsp3) is 0.273. The number of hydrogen-bond donors (Lipinski definition) is 0. The van der Waals surface area contributed by atoms with Gasteiger partial charge in [-0.05, 0) is 28.8 Å². The van der Waals surface area contributed by atoms with Crippen molar-refractivity contribution in [2.75, 3.05) is 0 Å². The number of carbonyl (C=O) groups is 1. The van der Waals surface area contributed by atoms with Crippen LogP contribution in [-0.4, -0.2) is 10.5 Å². The third-order valence-corrected chi connectivity index (χ3v) is 3.77. The SMILES string of the molecule is Cn1ccsc1=NC(=O)CCc1ccsc1. The lowest BCUT2D eigenvalue weighted by Gasteiger charge is -1.93. The van der Waals surface area contributed by atoms with Gasteiger partial charge < -0.3 is 4.57 Å².